The lowest BCUT2D eigenvalue weighted by molar-refractivity contribution is -0.150. The summed E-state index contributed by atoms with van der Waals surface area (Å²) in [4.78, 5) is 26.2. The van der Waals surface area contributed by atoms with Gasteiger partial charge in [0.1, 0.15) is 5.75 Å². The molecule has 2 rings (SSSR count). The molecule has 2 amide bonds. The zero-order chi connectivity index (χ0) is 14.7. The molecule has 0 radical (unpaired) electrons. The zero-order valence-electron chi connectivity index (χ0n) is 11.6. The number of rotatable bonds is 4. The third kappa shape index (κ3) is 3.08. The molecule has 1 heterocycles. The fourth-order valence-electron chi connectivity index (χ4n) is 2.09. The highest BCUT2D eigenvalue weighted by Gasteiger charge is 2.29. The van der Waals surface area contributed by atoms with Gasteiger partial charge >= 0.3 is 0 Å². The summed E-state index contributed by atoms with van der Waals surface area (Å²) in [6.07, 6.45) is -0.842. The van der Waals surface area contributed by atoms with Gasteiger partial charge in [-0.2, -0.15) is 0 Å². The van der Waals surface area contributed by atoms with E-state index in [1.54, 1.807) is 38.4 Å². The van der Waals surface area contributed by atoms with Crippen molar-refractivity contribution in [1.29, 1.82) is 0 Å². The summed E-state index contributed by atoms with van der Waals surface area (Å²) in [6.45, 7) is 0.172. The Labute approximate surface area is 117 Å². The van der Waals surface area contributed by atoms with Crippen molar-refractivity contribution in [3.63, 3.8) is 0 Å². The minimum atomic E-state index is -0.842. The van der Waals surface area contributed by atoms with Gasteiger partial charge < -0.3 is 19.6 Å². The van der Waals surface area contributed by atoms with Gasteiger partial charge in [-0.15, -0.1) is 0 Å². The van der Waals surface area contributed by atoms with Crippen molar-refractivity contribution in [3.8, 4) is 5.75 Å². The Kier molecular flexibility index (Phi) is 4.24. The Balaban J connectivity index is 2.05. The van der Waals surface area contributed by atoms with Crippen LogP contribution in [0.3, 0.4) is 0 Å². The first-order valence-corrected chi connectivity index (χ1v) is 6.35. The van der Waals surface area contributed by atoms with Crippen LogP contribution in [-0.4, -0.2) is 60.5 Å². The van der Waals surface area contributed by atoms with Crippen LogP contribution in [0, 0.1) is 0 Å². The lowest BCUT2D eigenvalue weighted by Crippen LogP contribution is -2.53. The van der Waals surface area contributed by atoms with Crippen LogP contribution in [0.4, 0.5) is 0 Å². The van der Waals surface area contributed by atoms with Gasteiger partial charge in [0.2, 0.25) is 11.8 Å². The van der Waals surface area contributed by atoms with Gasteiger partial charge in [0, 0.05) is 7.05 Å². The van der Waals surface area contributed by atoms with Gasteiger partial charge in [0.25, 0.3) is 0 Å². The standard InChI is InChI=1S/C14H18N2O4/c1-15-8-14(19)16(9-13(15)18)7-12(17)10-4-3-5-11(6-10)20-2/h3-6,12,17H,7-9H2,1-2H3. The van der Waals surface area contributed by atoms with Crippen molar-refractivity contribution < 1.29 is 19.4 Å². The Morgan fingerprint density at radius 1 is 1.30 bits per heavy atom. The fourth-order valence-corrected chi connectivity index (χ4v) is 2.09. The van der Waals surface area contributed by atoms with Crippen LogP contribution in [0.15, 0.2) is 24.3 Å². The van der Waals surface area contributed by atoms with E-state index in [2.05, 4.69) is 0 Å². The molecule has 0 aliphatic carbocycles. The van der Waals surface area contributed by atoms with Crippen LogP contribution < -0.4 is 4.74 Å². The maximum absolute atomic E-state index is 11.8. The van der Waals surface area contributed by atoms with E-state index in [1.165, 1.54) is 9.80 Å². The van der Waals surface area contributed by atoms with Gasteiger partial charge in [0.05, 0.1) is 32.8 Å². The molecule has 0 saturated carbocycles. The minimum Gasteiger partial charge on any atom is -0.497 e. The van der Waals surface area contributed by atoms with Gasteiger partial charge in [0.15, 0.2) is 0 Å². The molecule has 0 aromatic heterocycles. The van der Waals surface area contributed by atoms with Gasteiger partial charge in [-0.3, -0.25) is 9.59 Å². The lowest BCUT2D eigenvalue weighted by atomic mass is 10.1. The average Bonchev–Trinajstić information content (AvgIpc) is 2.44. The molecular weight excluding hydrogens is 260 g/mol. The monoisotopic (exact) mass is 278 g/mol. The van der Waals surface area contributed by atoms with Crippen molar-refractivity contribution in [2.45, 2.75) is 6.10 Å². The smallest absolute Gasteiger partial charge is 0.242 e. The first-order chi connectivity index (χ1) is 9.51. The van der Waals surface area contributed by atoms with E-state index in [9.17, 15) is 14.7 Å². The van der Waals surface area contributed by atoms with E-state index in [-0.39, 0.29) is 31.4 Å². The van der Waals surface area contributed by atoms with Crippen molar-refractivity contribution >= 4 is 11.8 Å². The van der Waals surface area contributed by atoms with Crippen molar-refractivity contribution in [3.05, 3.63) is 29.8 Å². The summed E-state index contributed by atoms with van der Waals surface area (Å²) in [7, 11) is 3.14. The highest BCUT2D eigenvalue weighted by atomic mass is 16.5. The number of piperazine rings is 1. The fraction of sp³-hybridized carbons (Fsp3) is 0.429. The molecule has 1 fully saturated rings. The third-order valence-electron chi connectivity index (χ3n) is 3.35. The summed E-state index contributed by atoms with van der Waals surface area (Å²) >= 11 is 0. The van der Waals surface area contributed by atoms with Gasteiger partial charge in [-0.05, 0) is 17.7 Å². The number of likely N-dealkylation sites (N-methyl/N-ethyl adjacent to an activating group) is 1. The molecule has 1 atom stereocenters. The second-order valence-corrected chi connectivity index (χ2v) is 4.82. The quantitative estimate of drug-likeness (QED) is 0.843. The number of nitrogens with zero attached hydrogens (tertiary/aromatic N) is 2. The Morgan fingerprint density at radius 2 is 2.05 bits per heavy atom. The number of hydrogen-bond donors (Lipinski definition) is 1. The van der Waals surface area contributed by atoms with E-state index >= 15 is 0 Å². The molecule has 1 N–H and O–H groups in total. The molecule has 20 heavy (non-hydrogen) atoms. The number of amides is 2. The van der Waals surface area contributed by atoms with E-state index in [4.69, 9.17) is 4.74 Å². The highest BCUT2D eigenvalue weighted by Crippen LogP contribution is 2.20. The molecule has 1 saturated heterocycles. The number of carbonyl (C=O) groups is 2. The molecule has 1 unspecified atom stereocenters. The molecule has 1 aromatic rings. The maximum Gasteiger partial charge on any atom is 0.242 e. The summed E-state index contributed by atoms with van der Waals surface area (Å²) in [6, 6.07) is 7.03. The Hall–Kier alpha value is -2.08. The first-order valence-electron chi connectivity index (χ1n) is 6.35. The molecule has 1 aliphatic heterocycles. The Morgan fingerprint density at radius 3 is 2.75 bits per heavy atom. The van der Waals surface area contributed by atoms with Crippen LogP contribution >= 0.6 is 0 Å². The molecule has 6 heteroatoms. The molecule has 1 aromatic carbocycles. The summed E-state index contributed by atoms with van der Waals surface area (Å²) in [5.74, 6) is 0.360. The summed E-state index contributed by atoms with van der Waals surface area (Å²) < 4.78 is 5.09. The number of β-amino-alcohol motifs (C(OH)–C–C–N with tert-alkyl or cyclic N) is 1. The number of aliphatic hydroxyl groups is 1. The van der Waals surface area contributed by atoms with E-state index < -0.39 is 6.10 Å². The van der Waals surface area contributed by atoms with Crippen molar-refractivity contribution in [2.24, 2.45) is 0 Å². The predicted octanol–water partition coefficient (Wildman–Crippen LogP) is 0.0292. The normalized spacial score (nSPS) is 17.4. The number of carbonyl (C=O) groups excluding carboxylic acids is 2. The minimum absolute atomic E-state index is 0.0103. The molecular formula is C14H18N2O4. The number of ether oxygens (including phenoxy) is 1. The Bertz CT molecular complexity index is 518. The molecule has 108 valence electrons. The highest BCUT2D eigenvalue weighted by molar-refractivity contribution is 5.92. The van der Waals surface area contributed by atoms with Crippen LogP contribution in [0.2, 0.25) is 0 Å². The number of hydrogen-bond acceptors (Lipinski definition) is 4. The maximum atomic E-state index is 11.8. The second-order valence-electron chi connectivity index (χ2n) is 4.82. The second kappa shape index (κ2) is 5.92. The predicted molar refractivity (Wildman–Crippen MR) is 72.2 cm³/mol. The lowest BCUT2D eigenvalue weighted by Gasteiger charge is -2.32. The number of aliphatic hydroxyl groups excluding tert-OH is 1. The number of benzene rings is 1. The first kappa shape index (κ1) is 14.3. The number of methoxy groups -OCH3 is 1. The molecule has 1 aliphatic rings. The molecule has 0 bridgehead atoms. The average molecular weight is 278 g/mol. The van der Waals surface area contributed by atoms with Crippen molar-refractivity contribution in [1.82, 2.24) is 9.80 Å². The summed E-state index contributed by atoms with van der Waals surface area (Å²) in [5, 5.41) is 10.2. The van der Waals surface area contributed by atoms with Crippen molar-refractivity contribution in [2.75, 3.05) is 33.8 Å². The summed E-state index contributed by atoms with van der Waals surface area (Å²) in [5.41, 5.74) is 0.656. The molecule has 6 nitrogen and oxygen atoms in total. The van der Waals surface area contributed by atoms with Crippen LogP contribution in [0.1, 0.15) is 11.7 Å². The topological polar surface area (TPSA) is 70.1 Å². The van der Waals surface area contributed by atoms with E-state index in [0.29, 0.717) is 11.3 Å². The SMILES string of the molecule is COc1cccc(C(O)CN2CC(=O)N(C)CC2=O)c1. The van der Waals surface area contributed by atoms with Crippen LogP contribution in [0.5, 0.6) is 5.75 Å². The van der Waals surface area contributed by atoms with E-state index in [1.807, 2.05) is 0 Å². The van der Waals surface area contributed by atoms with Crippen LogP contribution in [0.25, 0.3) is 0 Å². The molecule has 0 spiro atoms. The largest absolute Gasteiger partial charge is 0.497 e. The van der Waals surface area contributed by atoms with Gasteiger partial charge in [-0.25, -0.2) is 0 Å². The van der Waals surface area contributed by atoms with E-state index in [0.717, 1.165) is 0 Å². The van der Waals surface area contributed by atoms with Gasteiger partial charge in [-0.1, -0.05) is 12.1 Å². The van der Waals surface area contributed by atoms with Crippen LogP contribution in [-0.2, 0) is 9.59 Å². The zero-order valence-corrected chi connectivity index (χ0v) is 11.6. The third-order valence-corrected chi connectivity index (χ3v) is 3.35.